The van der Waals surface area contributed by atoms with Crippen LogP contribution in [0.2, 0.25) is 0 Å². The lowest BCUT2D eigenvalue weighted by Crippen LogP contribution is -2.35. The van der Waals surface area contributed by atoms with Crippen molar-refractivity contribution < 1.29 is 14.3 Å². The van der Waals surface area contributed by atoms with Crippen LogP contribution in [0.3, 0.4) is 0 Å². The predicted octanol–water partition coefficient (Wildman–Crippen LogP) is 5.33. The number of carbonyl (C=O) groups excluding carboxylic acids is 1. The van der Waals surface area contributed by atoms with Gasteiger partial charge in [-0.2, -0.15) is 0 Å². The standard InChI is InChI=1S/C20H25BrO3/c1-12-7-8-13(2)20(4,5)16(12)9-15-10-19(23-6)17(21)11-18(15)24-14(3)22/h7-8,10-11,13,16H,1,9H2,2-6H3/t13?,16-/m1/s1. The van der Waals surface area contributed by atoms with E-state index in [-0.39, 0.29) is 17.3 Å². The number of ether oxygens (including phenoxy) is 2. The van der Waals surface area contributed by atoms with E-state index in [1.54, 1.807) is 13.2 Å². The lowest BCUT2D eigenvalue weighted by atomic mass is 9.62. The van der Waals surface area contributed by atoms with Crippen LogP contribution in [-0.4, -0.2) is 13.1 Å². The summed E-state index contributed by atoms with van der Waals surface area (Å²) in [6, 6.07) is 3.74. The molecule has 0 saturated carbocycles. The van der Waals surface area contributed by atoms with Gasteiger partial charge < -0.3 is 9.47 Å². The van der Waals surface area contributed by atoms with Crippen molar-refractivity contribution in [2.75, 3.05) is 7.11 Å². The molecule has 0 aliphatic heterocycles. The van der Waals surface area contributed by atoms with Gasteiger partial charge in [0, 0.05) is 6.92 Å². The third-order valence-electron chi connectivity index (χ3n) is 5.13. The minimum absolute atomic E-state index is 0.0691. The molecular weight excluding hydrogens is 368 g/mol. The summed E-state index contributed by atoms with van der Waals surface area (Å²) in [6.07, 6.45) is 5.07. The lowest BCUT2D eigenvalue weighted by molar-refractivity contribution is -0.131. The van der Waals surface area contributed by atoms with E-state index in [4.69, 9.17) is 9.47 Å². The molecule has 1 aromatic rings. The van der Waals surface area contributed by atoms with Crippen molar-refractivity contribution in [3.63, 3.8) is 0 Å². The monoisotopic (exact) mass is 392 g/mol. The number of allylic oxidation sites excluding steroid dienone is 3. The van der Waals surface area contributed by atoms with Gasteiger partial charge in [-0.3, -0.25) is 4.79 Å². The summed E-state index contributed by atoms with van der Waals surface area (Å²) >= 11 is 3.46. The van der Waals surface area contributed by atoms with Crippen molar-refractivity contribution in [2.45, 2.75) is 34.1 Å². The molecule has 1 aromatic carbocycles. The molecule has 1 aliphatic carbocycles. The summed E-state index contributed by atoms with van der Waals surface area (Å²) in [5.74, 6) is 1.67. The number of carbonyl (C=O) groups is 1. The van der Waals surface area contributed by atoms with E-state index in [9.17, 15) is 4.79 Å². The molecule has 0 amide bonds. The van der Waals surface area contributed by atoms with Crippen LogP contribution < -0.4 is 9.47 Å². The minimum atomic E-state index is -0.330. The van der Waals surface area contributed by atoms with E-state index in [1.165, 1.54) is 6.92 Å². The minimum Gasteiger partial charge on any atom is -0.496 e. The smallest absolute Gasteiger partial charge is 0.308 e. The van der Waals surface area contributed by atoms with Crippen LogP contribution in [0.15, 0.2) is 40.9 Å². The third-order valence-corrected chi connectivity index (χ3v) is 5.75. The Hall–Kier alpha value is -1.55. The number of hydrogen-bond acceptors (Lipinski definition) is 3. The summed E-state index contributed by atoms with van der Waals surface area (Å²) < 4.78 is 11.6. The maximum Gasteiger partial charge on any atom is 0.308 e. The Balaban J connectivity index is 2.45. The van der Waals surface area contributed by atoms with Gasteiger partial charge in [-0.05, 0) is 57.3 Å². The van der Waals surface area contributed by atoms with Gasteiger partial charge in [0.1, 0.15) is 11.5 Å². The molecule has 0 N–H and O–H groups in total. The van der Waals surface area contributed by atoms with Crippen LogP contribution in [-0.2, 0) is 11.2 Å². The predicted molar refractivity (Wildman–Crippen MR) is 100 cm³/mol. The van der Waals surface area contributed by atoms with Crippen molar-refractivity contribution in [2.24, 2.45) is 17.3 Å². The van der Waals surface area contributed by atoms with Crippen LogP contribution >= 0.6 is 15.9 Å². The highest BCUT2D eigenvalue weighted by Crippen LogP contribution is 2.46. The van der Waals surface area contributed by atoms with Crippen molar-refractivity contribution in [1.82, 2.24) is 0 Å². The molecule has 0 heterocycles. The van der Waals surface area contributed by atoms with Gasteiger partial charge in [-0.25, -0.2) is 0 Å². The summed E-state index contributed by atoms with van der Waals surface area (Å²) in [4.78, 5) is 11.5. The van der Waals surface area contributed by atoms with Crippen LogP contribution in [0.5, 0.6) is 11.5 Å². The molecule has 2 rings (SSSR count). The molecule has 0 fully saturated rings. The van der Waals surface area contributed by atoms with E-state index >= 15 is 0 Å². The molecule has 1 aliphatic rings. The van der Waals surface area contributed by atoms with Crippen LogP contribution in [0.4, 0.5) is 0 Å². The molecule has 4 heteroatoms. The second kappa shape index (κ2) is 7.14. The molecule has 2 atom stereocenters. The van der Waals surface area contributed by atoms with Crippen molar-refractivity contribution in [3.8, 4) is 11.5 Å². The zero-order valence-electron chi connectivity index (χ0n) is 15.0. The Labute approximate surface area is 152 Å². The molecule has 130 valence electrons. The molecule has 1 unspecified atom stereocenters. The molecule has 0 bridgehead atoms. The fourth-order valence-corrected chi connectivity index (χ4v) is 3.67. The van der Waals surface area contributed by atoms with E-state index < -0.39 is 0 Å². The highest BCUT2D eigenvalue weighted by atomic mass is 79.9. The fourth-order valence-electron chi connectivity index (χ4n) is 3.18. The number of hydrogen-bond donors (Lipinski definition) is 0. The average Bonchev–Trinajstić information content (AvgIpc) is 2.49. The summed E-state index contributed by atoms with van der Waals surface area (Å²) in [5, 5.41) is 0. The van der Waals surface area contributed by atoms with E-state index in [2.05, 4.69) is 55.4 Å². The maximum atomic E-state index is 11.5. The number of halogens is 1. The van der Waals surface area contributed by atoms with Gasteiger partial charge in [0.2, 0.25) is 0 Å². The highest BCUT2D eigenvalue weighted by molar-refractivity contribution is 9.10. The molecule has 0 saturated heterocycles. The Morgan fingerprint density at radius 1 is 1.33 bits per heavy atom. The lowest BCUT2D eigenvalue weighted by Gasteiger charge is -2.42. The van der Waals surface area contributed by atoms with E-state index in [0.717, 1.165) is 27.8 Å². The van der Waals surface area contributed by atoms with Crippen LogP contribution in [0.1, 0.15) is 33.3 Å². The quantitative estimate of drug-likeness (QED) is 0.512. The topological polar surface area (TPSA) is 35.5 Å². The van der Waals surface area contributed by atoms with Gasteiger partial charge in [-0.15, -0.1) is 0 Å². The second-order valence-electron chi connectivity index (χ2n) is 6.99. The number of methoxy groups -OCH3 is 1. The average molecular weight is 393 g/mol. The highest BCUT2D eigenvalue weighted by Gasteiger charge is 2.37. The first-order valence-electron chi connectivity index (χ1n) is 8.08. The van der Waals surface area contributed by atoms with Crippen molar-refractivity contribution in [1.29, 1.82) is 0 Å². The van der Waals surface area contributed by atoms with Crippen molar-refractivity contribution >= 4 is 21.9 Å². The van der Waals surface area contributed by atoms with Crippen molar-refractivity contribution in [3.05, 3.63) is 46.5 Å². The van der Waals surface area contributed by atoms with E-state index in [0.29, 0.717) is 11.7 Å². The van der Waals surface area contributed by atoms with Crippen LogP contribution in [0, 0.1) is 17.3 Å². The summed E-state index contributed by atoms with van der Waals surface area (Å²) in [6.45, 7) is 12.4. The molecular formula is C20H25BrO3. The summed E-state index contributed by atoms with van der Waals surface area (Å²) in [5.41, 5.74) is 2.13. The first-order chi connectivity index (χ1) is 11.2. The number of esters is 1. The molecule has 0 aromatic heterocycles. The molecule has 0 spiro atoms. The Morgan fingerprint density at radius 3 is 2.58 bits per heavy atom. The van der Waals surface area contributed by atoms with Gasteiger partial charge in [0.25, 0.3) is 0 Å². The van der Waals surface area contributed by atoms with Crippen LogP contribution in [0.25, 0.3) is 0 Å². The van der Waals surface area contributed by atoms with E-state index in [1.807, 2.05) is 6.07 Å². The second-order valence-corrected chi connectivity index (χ2v) is 7.84. The molecule has 3 nitrogen and oxygen atoms in total. The van der Waals surface area contributed by atoms with Gasteiger partial charge in [-0.1, -0.05) is 45.1 Å². The molecule has 24 heavy (non-hydrogen) atoms. The number of benzene rings is 1. The third kappa shape index (κ3) is 3.75. The first-order valence-corrected chi connectivity index (χ1v) is 8.88. The van der Waals surface area contributed by atoms with Gasteiger partial charge >= 0.3 is 5.97 Å². The Bertz CT molecular complexity index is 688. The SMILES string of the molecule is C=C1C=CC(C)C(C)(C)[C@@H]1Cc1cc(OC)c(Br)cc1OC(C)=O. The van der Waals surface area contributed by atoms with Gasteiger partial charge in [0.15, 0.2) is 0 Å². The summed E-state index contributed by atoms with van der Waals surface area (Å²) in [7, 11) is 1.63. The fraction of sp³-hybridized carbons (Fsp3) is 0.450. The largest absolute Gasteiger partial charge is 0.496 e. The van der Waals surface area contributed by atoms with Gasteiger partial charge in [0.05, 0.1) is 11.6 Å². The number of rotatable bonds is 4. The maximum absolute atomic E-state index is 11.5. The zero-order valence-corrected chi connectivity index (χ0v) is 16.6. The zero-order chi connectivity index (χ0) is 18.1. The normalized spacial score (nSPS) is 22.3. The Morgan fingerprint density at radius 2 is 2.00 bits per heavy atom. The Kier molecular flexibility index (Phi) is 5.59. The first kappa shape index (κ1) is 18.8. The molecule has 0 radical (unpaired) electrons.